The Morgan fingerprint density at radius 1 is 1.17 bits per heavy atom. The number of rotatable bonds is 8. The highest BCUT2D eigenvalue weighted by atomic mass is 32.2. The van der Waals surface area contributed by atoms with Gasteiger partial charge in [0, 0.05) is 23.1 Å². The van der Waals surface area contributed by atoms with Gasteiger partial charge in [-0.3, -0.25) is 9.00 Å². The van der Waals surface area contributed by atoms with E-state index in [0.717, 1.165) is 11.1 Å². The smallest absolute Gasteiger partial charge is 0.232 e. The molecule has 0 aliphatic carbocycles. The quantitative estimate of drug-likeness (QED) is 0.796. The van der Waals surface area contributed by atoms with Crippen molar-refractivity contribution in [3.05, 3.63) is 65.5 Å². The van der Waals surface area contributed by atoms with Crippen molar-refractivity contribution < 1.29 is 18.1 Å². The number of carbonyl (C=O) groups excluding carboxylic acids is 1. The van der Waals surface area contributed by atoms with Gasteiger partial charge < -0.3 is 10.1 Å². The van der Waals surface area contributed by atoms with Crippen LogP contribution in [0.3, 0.4) is 0 Å². The Bertz CT molecular complexity index is 704. The van der Waals surface area contributed by atoms with Crippen molar-refractivity contribution >= 4 is 16.7 Å². The van der Waals surface area contributed by atoms with Gasteiger partial charge in [-0.2, -0.15) is 0 Å². The zero-order valence-electron chi connectivity index (χ0n) is 13.5. The minimum Gasteiger partial charge on any atom is -0.497 e. The normalized spacial score (nSPS) is 11.8. The van der Waals surface area contributed by atoms with Crippen molar-refractivity contribution in [3.8, 4) is 5.75 Å². The van der Waals surface area contributed by atoms with E-state index in [1.165, 1.54) is 12.1 Å². The third kappa shape index (κ3) is 6.12. The Morgan fingerprint density at radius 3 is 2.62 bits per heavy atom. The second kappa shape index (κ2) is 9.17. The number of amides is 1. The molecule has 0 heterocycles. The van der Waals surface area contributed by atoms with Gasteiger partial charge in [-0.15, -0.1) is 0 Å². The molecule has 4 nitrogen and oxygen atoms in total. The van der Waals surface area contributed by atoms with Crippen molar-refractivity contribution in [3.63, 3.8) is 0 Å². The van der Waals surface area contributed by atoms with E-state index in [0.29, 0.717) is 24.5 Å². The molecule has 24 heavy (non-hydrogen) atoms. The average Bonchev–Trinajstić information content (AvgIpc) is 2.56. The van der Waals surface area contributed by atoms with Crippen LogP contribution in [0.4, 0.5) is 4.39 Å². The molecule has 0 spiro atoms. The molecule has 6 heteroatoms. The lowest BCUT2D eigenvalue weighted by molar-refractivity contribution is -0.118. The lowest BCUT2D eigenvalue weighted by atomic mass is 10.1. The fourth-order valence-corrected chi connectivity index (χ4v) is 3.24. The standard InChI is InChI=1S/C18H20FNO3S/c1-23-17-4-2-3-15(11-17)12-24(22)13-18(21)20-10-9-14-5-7-16(19)8-6-14/h2-8,11H,9-10,12-13H2,1H3,(H,20,21)/t24-/m1/s1. The second-order valence-corrected chi connectivity index (χ2v) is 6.76. The van der Waals surface area contributed by atoms with Crippen LogP contribution in [-0.2, 0) is 27.8 Å². The van der Waals surface area contributed by atoms with Crippen molar-refractivity contribution in [2.24, 2.45) is 0 Å². The minimum atomic E-state index is -1.28. The van der Waals surface area contributed by atoms with Crippen LogP contribution in [0.1, 0.15) is 11.1 Å². The zero-order valence-corrected chi connectivity index (χ0v) is 14.3. The largest absolute Gasteiger partial charge is 0.497 e. The molecule has 128 valence electrons. The fourth-order valence-electron chi connectivity index (χ4n) is 2.19. The number of benzene rings is 2. The van der Waals surface area contributed by atoms with Gasteiger partial charge in [-0.1, -0.05) is 24.3 Å². The van der Waals surface area contributed by atoms with Crippen molar-refractivity contribution in [2.45, 2.75) is 12.2 Å². The molecule has 2 aromatic rings. The van der Waals surface area contributed by atoms with E-state index in [1.54, 1.807) is 19.2 Å². The summed E-state index contributed by atoms with van der Waals surface area (Å²) in [6.45, 7) is 0.431. The molecule has 0 aromatic heterocycles. The van der Waals surface area contributed by atoms with E-state index in [1.807, 2.05) is 24.3 Å². The molecule has 0 saturated carbocycles. The third-order valence-corrected chi connectivity index (χ3v) is 4.64. The van der Waals surface area contributed by atoms with Gasteiger partial charge in [0.1, 0.15) is 17.3 Å². The highest BCUT2D eigenvalue weighted by Crippen LogP contribution is 2.14. The molecule has 0 bridgehead atoms. The van der Waals surface area contributed by atoms with Gasteiger partial charge in [-0.05, 0) is 41.8 Å². The molecule has 2 aromatic carbocycles. The predicted molar refractivity (Wildman–Crippen MR) is 92.8 cm³/mol. The maximum Gasteiger partial charge on any atom is 0.232 e. The van der Waals surface area contributed by atoms with Gasteiger partial charge in [0.15, 0.2) is 0 Å². The topological polar surface area (TPSA) is 55.4 Å². The van der Waals surface area contributed by atoms with Gasteiger partial charge in [-0.25, -0.2) is 4.39 Å². The summed E-state index contributed by atoms with van der Waals surface area (Å²) in [5, 5.41) is 2.73. The molecule has 0 aliphatic rings. The van der Waals surface area contributed by atoms with E-state index in [-0.39, 0.29) is 17.5 Å². The molecule has 0 unspecified atom stereocenters. The molecule has 0 fully saturated rings. The van der Waals surface area contributed by atoms with Crippen LogP contribution in [0.2, 0.25) is 0 Å². The van der Waals surface area contributed by atoms with Crippen molar-refractivity contribution in [1.82, 2.24) is 5.32 Å². The Hall–Kier alpha value is -2.21. The first-order valence-electron chi connectivity index (χ1n) is 7.56. The SMILES string of the molecule is COc1cccc(C[S@@](=O)CC(=O)NCCc2ccc(F)cc2)c1. The van der Waals surface area contributed by atoms with Crippen LogP contribution in [0.5, 0.6) is 5.75 Å². The number of nitrogens with one attached hydrogen (secondary N) is 1. The summed E-state index contributed by atoms with van der Waals surface area (Å²) >= 11 is 0. The molecule has 1 atom stereocenters. The first kappa shape index (κ1) is 18.1. The molecule has 1 amide bonds. The highest BCUT2D eigenvalue weighted by Gasteiger charge is 2.09. The highest BCUT2D eigenvalue weighted by molar-refractivity contribution is 7.84. The van der Waals surface area contributed by atoms with E-state index in [9.17, 15) is 13.4 Å². The molecule has 1 N–H and O–H groups in total. The Labute approximate surface area is 143 Å². The summed E-state index contributed by atoms with van der Waals surface area (Å²) in [6, 6.07) is 13.4. The number of hydrogen-bond acceptors (Lipinski definition) is 3. The van der Waals surface area contributed by atoms with Crippen molar-refractivity contribution in [2.75, 3.05) is 19.4 Å². The Balaban J connectivity index is 1.73. The van der Waals surface area contributed by atoms with Gasteiger partial charge in [0.05, 0.1) is 7.11 Å². The average molecular weight is 349 g/mol. The van der Waals surface area contributed by atoms with Crippen LogP contribution in [0.25, 0.3) is 0 Å². The maximum absolute atomic E-state index is 12.8. The van der Waals surface area contributed by atoms with Crippen molar-refractivity contribution in [1.29, 1.82) is 0 Å². The van der Waals surface area contributed by atoms with Gasteiger partial charge >= 0.3 is 0 Å². The maximum atomic E-state index is 12.8. The second-order valence-electron chi connectivity index (χ2n) is 5.31. The van der Waals surface area contributed by atoms with E-state index in [4.69, 9.17) is 4.74 Å². The molecular weight excluding hydrogens is 329 g/mol. The fraction of sp³-hybridized carbons (Fsp3) is 0.278. The van der Waals surface area contributed by atoms with E-state index < -0.39 is 10.8 Å². The minimum absolute atomic E-state index is 0.0410. The molecule has 2 rings (SSSR count). The van der Waals surface area contributed by atoms with Crippen LogP contribution < -0.4 is 10.1 Å². The monoisotopic (exact) mass is 349 g/mol. The first-order chi connectivity index (χ1) is 11.6. The molecule has 0 radical (unpaired) electrons. The number of ether oxygens (including phenoxy) is 1. The number of methoxy groups -OCH3 is 1. The lowest BCUT2D eigenvalue weighted by Gasteiger charge is -2.07. The van der Waals surface area contributed by atoms with Crippen LogP contribution >= 0.6 is 0 Å². The lowest BCUT2D eigenvalue weighted by Crippen LogP contribution is -2.30. The summed E-state index contributed by atoms with van der Waals surface area (Å²) in [4.78, 5) is 11.8. The third-order valence-electron chi connectivity index (χ3n) is 3.40. The van der Waals surface area contributed by atoms with E-state index in [2.05, 4.69) is 5.32 Å². The zero-order chi connectivity index (χ0) is 17.4. The molecule has 0 aliphatic heterocycles. The number of carbonyl (C=O) groups is 1. The summed E-state index contributed by atoms with van der Waals surface area (Å²) in [6.07, 6.45) is 0.606. The number of halogens is 1. The van der Waals surface area contributed by atoms with Crippen LogP contribution in [0, 0.1) is 5.82 Å². The van der Waals surface area contributed by atoms with Crippen LogP contribution in [-0.4, -0.2) is 29.5 Å². The van der Waals surface area contributed by atoms with Gasteiger partial charge in [0.25, 0.3) is 0 Å². The van der Waals surface area contributed by atoms with Crippen LogP contribution in [0.15, 0.2) is 48.5 Å². The Morgan fingerprint density at radius 2 is 1.92 bits per heavy atom. The molecular formula is C18H20FNO3S. The predicted octanol–water partition coefficient (Wildman–Crippen LogP) is 2.44. The summed E-state index contributed by atoms with van der Waals surface area (Å²) < 4.78 is 30.0. The summed E-state index contributed by atoms with van der Waals surface area (Å²) in [5.41, 5.74) is 1.81. The summed E-state index contributed by atoms with van der Waals surface area (Å²) in [7, 11) is 0.294. The van der Waals surface area contributed by atoms with Gasteiger partial charge in [0.2, 0.25) is 5.91 Å². The first-order valence-corrected chi connectivity index (χ1v) is 9.04. The number of hydrogen-bond donors (Lipinski definition) is 1. The van der Waals surface area contributed by atoms with E-state index >= 15 is 0 Å². The summed E-state index contributed by atoms with van der Waals surface area (Å²) in [5.74, 6) is 0.436. The molecule has 0 saturated heterocycles. The Kier molecular flexibility index (Phi) is 6.93.